The van der Waals surface area contributed by atoms with Crippen LogP contribution in [0, 0.1) is 6.92 Å². The predicted octanol–water partition coefficient (Wildman–Crippen LogP) is 1.54. The summed E-state index contributed by atoms with van der Waals surface area (Å²) in [6.45, 7) is 3.05. The summed E-state index contributed by atoms with van der Waals surface area (Å²) in [7, 11) is 0. The van der Waals surface area contributed by atoms with Crippen LogP contribution in [0.4, 0.5) is 0 Å². The summed E-state index contributed by atoms with van der Waals surface area (Å²) >= 11 is 5.96. The highest BCUT2D eigenvalue weighted by molar-refractivity contribution is 6.30. The van der Waals surface area contributed by atoms with E-state index < -0.39 is 0 Å². The lowest BCUT2D eigenvalue weighted by Crippen LogP contribution is -3.00. The van der Waals surface area contributed by atoms with E-state index in [0.717, 1.165) is 28.6 Å². The Morgan fingerprint density at radius 3 is 2.52 bits per heavy atom. The molecule has 2 nitrogen and oxygen atoms in total. The van der Waals surface area contributed by atoms with E-state index in [1.54, 1.807) is 0 Å². The van der Waals surface area contributed by atoms with E-state index in [2.05, 4.69) is 35.8 Å². The van der Waals surface area contributed by atoms with Crippen LogP contribution >= 0.6 is 11.6 Å². The van der Waals surface area contributed by atoms with Crippen molar-refractivity contribution in [1.29, 1.82) is 0 Å². The van der Waals surface area contributed by atoms with Gasteiger partial charge in [-0.15, -0.1) is 0 Å². The van der Waals surface area contributed by atoms with Crippen LogP contribution in [0.15, 0.2) is 48.5 Å². The molecule has 2 heterocycles. The lowest BCUT2D eigenvalue weighted by Gasteiger charge is -2.03. The average Bonchev–Trinajstić information content (AvgIpc) is 2.98. The summed E-state index contributed by atoms with van der Waals surface area (Å²) in [5.74, 6) is 1.07. The molecule has 2 aromatic carbocycles. The van der Waals surface area contributed by atoms with Gasteiger partial charge in [0.15, 0.2) is 0 Å². The Morgan fingerprint density at radius 2 is 1.76 bits per heavy atom. The van der Waals surface area contributed by atoms with Gasteiger partial charge in [-0.05, 0) is 24.6 Å². The number of nitrogens with zero attached hydrogens (tertiary/aromatic N) is 2. The van der Waals surface area contributed by atoms with Gasteiger partial charge in [0.05, 0.1) is 12.2 Å². The van der Waals surface area contributed by atoms with E-state index in [1.165, 1.54) is 16.8 Å². The Morgan fingerprint density at radius 1 is 1.05 bits per heavy atom. The maximum absolute atomic E-state index is 5.96. The third-order valence-corrected chi connectivity index (χ3v) is 4.18. The minimum absolute atomic E-state index is 0. The van der Waals surface area contributed by atoms with E-state index in [4.69, 9.17) is 16.6 Å². The molecule has 0 unspecified atom stereocenters. The molecule has 1 aliphatic heterocycles. The van der Waals surface area contributed by atoms with E-state index in [-0.39, 0.29) is 17.0 Å². The molecule has 0 spiro atoms. The first-order valence-electron chi connectivity index (χ1n) is 6.65. The topological polar surface area (TPSA) is 17.8 Å². The number of halogens is 2. The van der Waals surface area contributed by atoms with Gasteiger partial charge in [-0.3, -0.25) is 0 Å². The molecule has 0 radical (unpaired) electrons. The molecular formula is C17H13BrClN2-. The molecule has 1 aromatic heterocycles. The lowest BCUT2D eigenvalue weighted by atomic mass is 10.1. The van der Waals surface area contributed by atoms with Crippen LogP contribution in [0.3, 0.4) is 0 Å². The van der Waals surface area contributed by atoms with Crippen molar-refractivity contribution < 1.29 is 17.0 Å². The van der Waals surface area contributed by atoms with Crippen molar-refractivity contribution in [3.05, 3.63) is 64.8 Å². The Kier molecular flexibility index (Phi) is 3.64. The highest BCUT2D eigenvalue weighted by Crippen LogP contribution is 2.36. The average molecular weight is 361 g/mol. The van der Waals surface area contributed by atoms with Crippen LogP contribution in [0.5, 0.6) is 0 Å². The van der Waals surface area contributed by atoms with Gasteiger partial charge in [0.2, 0.25) is 0 Å². The van der Waals surface area contributed by atoms with Gasteiger partial charge in [-0.1, -0.05) is 48.0 Å². The van der Waals surface area contributed by atoms with Gasteiger partial charge in [0.25, 0.3) is 0 Å². The zero-order valence-electron chi connectivity index (χ0n) is 11.5. The van der Waals surface area contributed by atoms with Crippen LogP contribution in [-0.4, -0.2) is 9.55 Å². The maximum Gasteiger partial charge on any atom is 0.141 e. The van der Waals surface area contributed by atoms with Crippen molar-refractivity contribution in [2.45, 2.75) is 13.5 Å². The van der Waals surface area contributed by atoms with Gasteiger partial charge < -0.3 is 21.5 Å². The molecule has 21 heavy (non-hydrogen) atoms. The summed E-state index contributed by atoms with van der Waals surface area (Å²) in [4.78, 5) is 4.85. The van der Waals surface area contributed by atoms with E-state index in [9.17, 15) is 0 Å². The summed E-state index contributed by atoms with van der Waals surface area (Å²) < 4.78 is 2.29. The zero-order chi connectivity index (χ0) is 13.7. The molecule has 0 fully saturated rings. The van der Waals surface area contributed by atoms with Crippen molar-refractivity contribution in [3.8, 4) is 22.6 Å². The minimum atomic E-state index is 0. The normalized spacial score (nSPS) is 11.7. The number of hydrogen-bond donors (Lipinski definition) is 0. The largest absolute Gasteiger partial charge is 1.00 e. The van der Waals surface area contributed by atoms with Crippen LogP contribution in [-0.2, 0) is 6.54 Å². The molecule has 106 valence electrons. The molecular weight excluding hydrogens is 348 g/mol. The Labute approximate surface area is 139 Å². The summed E-state index contributed by atoms with van der Waals surface area (Å²) in [5.41, 5.74) is 5.97. The summed E-state index contributed by atoms with van der Waals surface area (Å²) in [6, 6.07) is 16.3. The van der Waals surface area contributed by atoms with Gasteiger partial charge in [0.1, 0.15) is 5.82 Å². The van der Waals surface area contributed by atoms with Crippen molar-refractivity contribution in [3.63, 3.8) is 0 Å². The number of rotatable bonds is 1. The first kappa shape index (κ1) is 14.4. The third-order valence-electron chi connectivity index (χ3n) is 3.93. The lowest BCUT2D eigenvalue weighted by molar-refractivity contribution is -0.00000394. The maximum atomic E-state index is 5.96. The monoisotopic (exact) mass is 359 g/mol. The Hall–Kier alpha value is -1.58. The van der Waals surface area contributed by atoms with E-state index in [1.807, 2.05) is 24.3 Å². The Bertz CT molecular complexity index is 806. The number of benzene rings is 2. The number of fused-ring (bicyclic) bond motifs is 3. The molecule has 0 amide bonds. The van der Waals surface area contributed by atoms with Crippen LogP contribution in [0.25, 0.3) is 22.6 Å². The fraction of sp³-hybridized carbons (Fsp3) is 0.118. The van der Waals surface area contributed by atoms with Crippen molar-refractivity contribution in [1.82, 2.24) is 9.55 Å². The Balaban J connectivity index is 0.00000132. The fourth-order valence-corrected chi connectivity index (χ4v) is 2.99. The van der Waals surface area contributed by atoms with Crippen molar-refractivity contribution in [2.24, 2.45) is 0 Å². The minimum Gasteiger partial charge on any atom is -1.00 e. The second-order valence-electron chi connectivity index (χ2n) is 5.12. The fourth-order valence-electron chi connectivity index (χ4n) is 2.86. The first-order chi connectivity index (χ1) is 9.74. The van der Waals surface area contributed by atoms with Crippen LogP contribution < -0.4 is 17.0 Å². The van der Waals surface area contributed by atoms with Crippen LogP contribution in [0.2, 0.25) is 5.02 Å². The zero-order valence-corrected chi connectivity index (χ0v) is 13.8. The quantitative estimate of drug-likeness (QED) is 0.503. The summed E-state index contributed by atoms with van der Waals surface area (Å²) in [5, 5.41) is 0.753. The molecule has 4 heteroatoms. The highest BCUT2D eigenvalue weighted by Gasteiger charge is 2.23. The van der Waals surface area contributed by atoms with Crippen LogP contribution in [0.1, 0.15) is 11.3 Å². The summed E-state index contributed by atoms with van der Waals surface area (Å²) in [6.07, 6.45) is 0. The number of hydrogen-bond acceptors (Lipinski definition) is 1. The third kappa shape index (κ3) is 2.21. The second kappa shape index (κ2) is 5.32. The van der Waals surface area contributed by atoms with Gasteiger partial charge in [0, 0.05) is 21.8 Å². The number of imidazole rings is 1. The molecule has 0 aliphatic carbocycles. The standard InChI is InChI=1S/C17H13ClN2.BrH/c1-11-16(12-6-8-14(18)9-7-12)19-17-15-5-3-2-4-13(15)10-20(11)17;/h2-9H,10H2,1H3;1H/p-1. The molecule has 0 saturated carbocycles. The SMILES string of the molecule is Cc1c(-c2ccc(Cl)cc2)nc2n1Cc1ccccc1-2.[Br-]. The second-order valence-corrected chi connectivity index (χ2v) is 5.56. The molecule has 0 bridgehead atoms. The van der Waals surface area contributed by atoms with Crippen molar-refractivity contribution >= 4 is 11.6 Å². The molecule has 4 rings (SSSR count). The smallest absolute Gasteiger partial charge is 0.141 e. The molecule has 0 atom stereocenters. The van der Waals surface area contributed by atoms with Gasteiger partial charge in [-0.25, -0.2) is 4.98 Å². The predicted molar refractivity (Wildman–Crippen MR) is 81.9 cm³/mol. The van der Waals surface area contributed by atoms with Gasteiger partial charge >= 0.3 is 0 Å². The molecule has 3 aromatic rings. The first-order valence-corrected chi connectivity index (χ1v) is 7.03. The highest BCUT2D eigenvalue weighted by atomic mass is 79.9. The molecule has 0 N–H and O–H groups in total. The van der Waals surface area contributed by atoms with Gasteiger partial charge in [-0.2, -0.15) is 0 Å². The number of aromatic nitrogens is 2. The van der Waals surface area contributed by atoms with E-state index in [0.29, 0.717) is 0 Å². The molecule has 1 aliphatic rings. The van der Waals surface area contributed by atoms with Crippen molar-refractivity contribution in [2.75, 3.05) is 0 Å². The molecule has 0 saturated heterocycles. The van der Waals surface area contributed by atoms with E-state index >= 15 is 0 Å².